The molecule has 4 aromatic carbocycles. The molecule has 0 saturated carbocycles. The molecule has 0 heterocycles. The molecule has 51 heavy (non-hydrogen) atoms. The third-order valence-corrected chi connectivity index (χ3v) is 7.48. The molecule has 4 rings (SSSR count). The van der Waals surface area contributed by atoms with E-state index in [9.17, 15) is 39.9 Å². The van der Waals surface area contributed by atoms with Crippen LogP contribution in [-0.4, -0.2) is 97.1 Å². The molecule has 0 fully saturated rings. The summed E-state index contributed by atoms with van der Waals surface area (Å²) in [6.45, 7) is -1.28. The second-order valence-electron chi connectivity index (χ2n) is 10.7. The van der Waals surface area contributed by atoms with E-state index in [-0.39, 0.29) is 62.5 Å². The molecular weight excluding hydrogens is 672 g/mol. The number of rotatable bonds is 16. The highest BCUT2D eigenvalue weighted by Crippen LogP contribution is 2.43. The fourth-order valence-electron chi connectivity index (χ4n) is 4.77. The van der Waals surface area contributed by atoms with Crippen molar-refractivity contribution in [1.82, 2.24) is 0 Å². The van der Waals surface area contributed by atoms with Gasteiger partial charge in [0.15, 0.2) is 29.1 Å². The first kappa shape index (κ1) is 37.6. The van der Waals surface area contributed by atoms with Gasteiger partial charge in [0.2, 0.25) is 17.3 Å². The topological polar surface area (TPSA) is 217 Å². The summed E-state index contributed by atoms with van der Waals surface area (Å²) in [4.78, 5) is 39.2. The SMILES string of the molecule is COc1ccc(C(=O)C(COC(=O)c2ccc(O)cc2)Oc2c(OC)cc([C@@H](O)[C@H](O)COC(=O)c3ccc(O)cc3)cc2OC)c(OC)c1O. The highest BCUT2D eigenvalue weighted by Gasteiger charge is 2.32. The van der Waals surface area contributed by atoms with Crippen LogP contribution in [0.15, 0.2) is 72.8 Å². The Balaban J connectivity index is 1.63. The molecular formula is C36H36O15. The summed E-state index contributed by atoms with van der Waals surface area (Å²) >= 11 is 0. The molecule has 5 N–H and O–H groups in total. The maximum absolute atomic E-state index is 14.0. The van der Waals surface area contributed by atoms with Crippen molar-refractivity contribution in [1.29, 1.82) is 0 Å². The largest absolute Gasteiger partial charge is 0.508 e. The number of carbonyl (C=O) groups excluding carboxylic acids is 3. The quantitative estimate of drug-likeness (QED) is 0.0830. The van der Waals surface area contributed by atoms with E-state index in [4.69, 9.17) is 33.2 Å². The van der Waals surface area contributed by atoms with E-state index in [1.165, 1.54) is 101 Å². The Kier molecular flexibility index (Phi) is 12.5. The second kappa shape index (κ2) is 17.0. The number of carbonyl (C=O) groups is 3. The highest BCUT2D eigenvalue weighted by molar-refractivity contribution is 6.03. The predicted octanol–water partition coefficient (Wildman–Crippen LogP) is 3.58. The fourth-order valence-corrected chi connectivity index (χ4v) is 4.77. The standard InChI is InChI=1S/C36H36O15/c1-45-26-14-13-24(33(48-4)32(26)42)31(41)29(18-50-36(44)20-7-11-23(38)12-8-20)51-34-27(46-2)15-21(16-28(34)47-3)30(40)25(39)17-49-35(43)19-5-9-22(37)10-6-19/h5-16,25,29-30,37-40,42H,17-18H2,1-4H3/t25-,29?,30-/m1/s1. The maximum Gasteiger partial charge on any atom is 0.338 e. The van der Waals surface area contributed by atoms with Crippen LogP contribution in [0, 0.1) is 0 Å². The third-order valence-electron chi connectivity index (χ3n) is 7.48. The lowest BCUT2D eigenvalue weighted by Crippen LogP contribution is -2.34. The molecule has 0 saturated heterocycles. The van der Waals surface area contributed by atoms with E-state index >= 15 is 0 Å². The first-order chi connectivity index (χ1) is 24.4. The van der Waals surface area contributed by atoms with Gasteiger partial charge in [-0.15, -0.1) is 0 Å². The van der Waals surface area contributed by atoms with Crippen molar-refractivity contribution in [3.63, 3.8) is 0 Å². The number of ketones is 1. The molecule has 0 aliphatic rings. The van der Waals surface area contributed by atoms with Gasteiger partial charge in [-0.05, 0) is 78.4 Å². The monoisotopic (exact) mass is 708 g/mol. The number of aliphatic hydroxyl groups excluding tert-OH is 2. The van der Waals surface area contributed by atoms with Crippen LogP contribution in [0.2, 0.25) is 0 Å². The Morgan fingerprint density at radius 1 is 0.608 bits per heavy atom. The van der Waals surface area contributed by atoms with Gasteiger partial charge in [-0.25, -0.2) is 9.59 Å². The van der Waals surface area contributed by atoms with Crippen molar-refractivity contribution in [2.75, 3.05) is 41.7 Å². The average Bonchev–Trinajstić information content (AvgIpc) is 3.14. The van der Waals surface area contributed by atoms with Gasteiger partial charge in [0.05, 0.1) is 45.1 Å². The molecule has 0 aromatic heterocycles. The zero-order chi connectivity index (χ0) is 37.2. The number of benzene rings is 4. The van der Waals surface area contributed by atoms with Crippen molar-refractivity contribution in [2.24, 2.45) is 0 Å². The normalized spacial score (nSPS) is 12.5. The lowest BCUT2D eigenvalue weighted by atomic mass is 10.0. The van der Waals surface area contributed by atoms with E-state index in [1.807, 2.05) is 0 Å². The fraction of sp³-hybridized carbons (Fsp3) is 0.250. The van der Waals surface area contributed by atoms with E-state index in [0.717, 1.165) is 0 Å². The van der Waals surface area contributed by atoms with E-state index in [2.05, 4.69) is 0 Å². The number of esters is 2. The van der Waals surface area contributed by atoms with Gasteiger partial charge in [0, 0.05) is 0 Å². The van der Waals surface area contributed by atoms with Crippen LogP contribution in [0.1, 0.15) is 42.7 Å². The molecule has 3 atom stereocenters. The van der Waals surface area contributed by atoms with Crippen molar-refractivity contribution < 1.29 is 73.1 Å². The smallest absolute Gasteiger partial charge is 0.338 e. The van der Waals surface area contributed by atoms with E-state index in [0.29, 0.717) is 0 Å². The zero-order valence-electron chi connectivity index (χ0n) is 27.9. The predicted molar refractivity (Wildman–Crippen MR) is 177 cm³/mol. The number of methoxy groups -OCH3 is 4. The summed E-state index contributed by atoms with van der Waals surface area (Å²) in [5.74, 6) is -3.60. The van der Waals surface area contributed by atoms with Crippen molar-refractivity contribution >= 4 is 17.7 Å². The average molecular weight is 709 g/mol. The van der Waals surface area contributed by atoms with Crippen molar-refractivity contribution in [3.05, 3.63) is 95.1 Å². The van der Waals surface area contributed by atoms with Crippen LogP contribution in [0.3, 0.4) is 0 Å². The number of phenols is 3. The van der Waals surface area contributed by atoms with Crippen LogP contribution in [-0.2, 0) is 9.47 Å². The summed E-state index contributed by atoms with van der Waals surface area (Å²) in [5.41, 5.74) is 0.0724. The number of ether oxygens (including phenoxy) is 7. The molecule has 0 radical (unpaired) electrons. The molecule has 270 valence electrons. The molecule has 15 nitrogen and oxygen atoms in total. The Hall–Kier alpha value is -6.19. The molecule has 15 heteroatoms. The number of hydrogen-bond donors (Lipinski definition) is 5. The number of aromatic hydroxyl groups is 3. The van der Waals surface area contributed by atoms with Crippen LogP contribution < -0.4 is 23.7 Å². The second-order valence-corrected chi connectivity index (χ2v) is 10.7. The number of aliphatic hydroxyl groups is 2. The first-order valence-corrected chi connectivity index (χ1v) is 15.1. The van der Waals surface area contributed by atoms with Gasteiger partial charge >= 0.3 is 11.9 Å². The maximum atomic E-state index is 14.0. The minimum absolute atomic E-state index is 0.0226. The highest BCUT2D eigenvalue weighted by atomic mass is 16.6. The van der Waals surface area contributed by atoms with Gasteiger partial charge in [0.25, 0.3) is 0 Å². The minimum atomic E-state index is -1.63. The summed E-state index contributed by atoms with van der Waals surface area (Å²) in [6, 6.07) is 15.7. The molecule has 0 aliphatic heterocycles. The lowest BCUT2D eigenvalue weighted by molar-refractivity contribution is -0.0286. The van der Waals surface area contributed by atoms with Crippen LogP contribution in [0.5, 0.6) is 46.0 Å². The molecule has 0 amide bonds. The Labute approximate surface area is 291 Å². The summed E-state index contributed by atoms with van der Waals surface area (Å²) in [5, 5.41) is 51.2. The minimum Gasteiger partial charge on any atom is -0.508 e. The first-order valence-electron chi connectivity index (χ1n) is 15.1. The summed E-state index contributed by atoms with van der Waals surface area (Å²) in [7, 11) is 5.07. The van der Waals surface area contributed by atoms with Crippen LogP contribution >= 0.6 is 0 Å². The van der Waals surface area contributed by atoms with Crippen molar-refractivity contribution in [2.45, 2.75) is 18.3 Å². The Bertz CT molecular complexity index is 1810. The summed E-state index contributed by atoms with van der Waals surface area (Å²) in [6.07, 6.45) is -4.86. The summed E-state index contributed by atoms with van der Waals surface area (Å²) < 4.78 is 38.0. The van der Waals surface area contributed by atoms with Crippen molar-refractivity contribution in [3.8, 4) is 46.0 Å². The Morgan fingerprint density at radius 3 is 1.57 bits per heavy atom. The van der Waals surface area contributed by atoms with E-state index in [1.54, 1.807) is 0 Å². The number of phenolic OH excluding ortho intramolecular Hbond substituents is 3. The van der Waals surface area contributed by atoms with Crippen LogP contribution in [0.25, 0.3) is 0 Å². The van der Waals surface area contributed by atoms with Gasteiger partial charge in [0.1, 0.15) is 36.9 Å². The number of hydrogen-bond acceptors (Lipinski definition) is 15. The van der Waals surface area contributed by atoms with Crippen LogP contribution in [0.4, 0.5) is 0 Å². The van der Waals surface area contributed by atoms with E-state index < -0.39 is 55.0 Å². The molecule has 0 aliphatic carbocycles. The number of Topliss-reactive ketones (excluding diaryl/α,β-unsaturated/α-hetero) is 1. The Morgan fingerprint density at radius 2 is 1.10 bits per heavy atom. The van der Waals surface area contributed by atoms with Gasteiger partial charge < -0.3 is 58.7 Å². The van der Waals surface area contributed by atoms with Gasteiger partial charge in [-0.1, -0.05) is 0 Å². The molecule has 1 unspecified atom stereocenters. The molecule has 0 spiro atoms. The molecule has 0 bridgehead atoms. The molecule has 4 aromatic rings. The van der Waals surface area contributed by atoms with Gasteiger partial charge in [-0.2, -0.15) is 0 Å². The zero-order valence-corrected chi connectivity index (χ0v) is 27.9. The van der Waals surface area contributed by atoms with Gasteiger partial charge in [-0.3, -0.25) is 4.79 Å². The third kappa shape index (κ3) is 8.89. The lowest BCUT2D eigenvalue weighted by Gasteiger charge is -2.24.